The van der Waals surface area contributed by atoms with Gasteiger partial charge in [-0.25, -0.2) is 8.42 Å². The van der Waals surface area contributed by atoms with Gasteiger partial charge in [-0.2, -0.15) is 0 Å². The Kier molecular flexibility index (Phi) is 7.71. The number of carbonyl (C=O) groups is 1. The summed E-state index contributed by atoms with van der Waals surface area (Å²) >= 11 is 5.94. The number of aryl methyl sites for hydroxylation is 2. The predicted molar refractivity (Wildman–Crippen MR) is 113 cm³/mol. The first kappa shape index (κ1) is 22.0. The summed E-state index contributed by atoms with van der Waals surface area (Å²) in [5.41, 5.74) is 2.19. The van der Waals surface area contributed by atoms with Crippen molar-refractivity contribution in [2.45, 2.75) is 19.8 Å². The highest BCUT2D eigenvalue weighted by Gasteiger charge is 2.22. The molecule has 0 heterocycles. The maximum atomic E-state index is 12.3. The largest absolute Gasteiger partial charge is 0.496 e. The molecule has 28 heavy (non-hydrogen) atoms. The number of nitrogens with zero attached hydrogens (tertiary/aromatic N) is 1. The van der Waals surface area contributed by atoms with Gasteiger partial charge in [-0.3, -0.25) is 9.10 Å². The summed E-state index contributed by atoms with van der Waals surface area (Å²) in [6, 6.07) is 12.6. The van der Waals surface area contributed by atoms with Crippen LogP contribution in [0.4, 0.5) is 5.69 Å². The molecule has 2 aromatic rings. The lowest BCUT2D eigenvalue weighted by Gasteiger charge is -2.23. The van der Waals surface area contributed by atoms with Gasteiger partial charge in [0.1, 0.15) is 12.3 Å². The number of hydrogen-bond donors (Lipinski definition) is 1. The molecule has 0 aliphatic rings. The van der Waals surface area contributed by atoms with E-state index in [0.29, 0.717) is 29.2 Å². The zero-order chi connectivity index (χ0) is 20.7. The summed E-state index contributed by atoms with van der Waals surface area (Å²) < 4.78 is 30.8. The smallest absolute Gasteiger partial charge is 0.240 e. The number of halogens is 1. The van der Waals surface area contributed by atoms with Gasteiger partial charge in [-0.15, -0.1) is 0 Å². The van der Waals surface area contributed by atoms with Crippen LogP contribution in [0.1, 0.15) is 17.5 Å². The number of benzene rings is 2. The van der Waals surface area contributed by atoms with Crippen molar-refractivity contribution < 1.29 is 17.9 Å². The molecule has 1 N–H and O–H groups in total. The average Bonchev–Trinajstić information content (AvgIpc) is 2.63. The molecule has 0 bridgehead atoms. The topological polar surface area (TPSA) is 75.7 Å². The Bertz CT molecular complexity index is 932. The van der Waals surface area contributed by atoms with Crippen LogP contribution in [0.25, 0.3) is 0 Å². The molecular weight excluding hydrogens is 400 g/mol. The van der Waals surface area contributed by atoms with Crippen molar-refractivity contribution in [3.05, 3.63) is 58.6 Å². The van der Waals surface area contributed by atoms with Crippen LogP contribution >= 0.6 is 11.6 Å². The molecule has 0 fully saturated rings. The lowest BCUT2D eigenvalue weighted by molar-refractivity contribution is -0.119. The molecule has 0 aromatic heterocycles. The van der Waals surface area contributed by atoms with E-state index in [1.165, 1.54) is 0 Å². The Labute approximate surface area is 171 Å². The molecule has 8 heteroatoms. The first-order valence-corrected chi connectivity index (χ1v) is 11.1. The van der Waals surface area contributed by atoms with Crippen molar-refractivity contribution in [1.29, 1.82) is 0 Å². The highest BCUT2D eigenvalue weighted by Crippen LogP contribution is 2.25. The van der Waals surface area contributed by atoms with Gasteiger partial charge in [0.2, 0.25) is 15.9 Å². The van der Waals surface area contributed by atoms with Crippen molar-refractivity contribution in [3.8, 4) is 5.75 Å². The van der Waals surface area contributed by atoms with E-state index in [1.54, 1.807) is 32.2 Å². The third-order valence-electron chi connectivity index (χ3n) is 4.25. The summed E-state index contributed by atoms with van der Waals surface area (Å²) in [5.74, 6) is 0.454. The number of hydrogen-bond acceptors (Lipinski definition) is 4. The molecule has 0 radical (unpaired) electrons. The lowest BCUT2D eigenvalue weighted by atomic mass is 10.1. The fourth-order valence-corrected chi connectivity index (χ4v) is 4.02. The average molecular weight is 425 g/mol. The Morgan fingerprint density at radius 1 is 1.21 bits per heavy atom. The molecule has 2 rings (SSSR count). The van der Waals surface area contributed by atoms with Crippen molar-refractivity contribution in [2.75, 3.05) is 30.8 Å². The maximum absolute atomic E-state index is 12.3. The van der Waals surface area contributed by atoms with E-state index in [-0.39, 0.29) is 12.5 Å². The Balaban J connectivity index is 1.95. The fraction of sp³-hybridized carbons (Fsp3) is 0.350. The van der Waals surface area contributed by atoms with Crippen molar-refractivity contribution in [2.24, 2.45) is 0 Å². The molecule has 0 unspecified atom stereocenters. The summed E-state index contributed by atoms with van der Waals surface area (Å²) in [6.07, 6.45) is 2.54. The second-order valence-electron chi connectivity index (χ2n) is 6.47. The van der Waals surface area contributed by atoms with Crippen LogP contribution in [0.15, 0.2) is 42.5 Å². The van der Waals surface area contributed by atoms with E-state index in [9.17, 15) is 13.2 Å². The van der Waals surface area contributed by atoms with E-state index < -0.39 is 10.0 Å². The number of rotatable bonds is 9. The predicted octanol–water partition coefficient (Wildman–Crippen LogP) is 3.17. The second kappa shape index (κ2) is 9.80. The minimum Gasteiger partial charge on any atom is -0.496 e. The van der Waals surface area contributed by atoms with Crippen LogP contribution in [0.2, 0.25) is 5.02 Å². The van der Waals surface area contributed by atoms with E-state index in [4.69, 9.17) is 16.3 Å². The molecule has 0 saturated heterocycles. The third-order valence-corrected chi connectivity index (χ3v) is 5.61. The Morgan fingerprint density at radius 2 is 1.93 bits per heavy atom. The highest BCUT2D eigenvalue weighted by molar-refractivity contribution is 7.92. The number of sulfonamides is 1. The van der Waals surface area contributed by atoms with Crippen LogP contribution in [0, 0.1) is 6.92 Å². The number of para-hydroxylation sites is 1. The SMILES string of the molecule is COc1ccccc1CCCNC(=O)CN(c1ccc(Cl)cc1C)S(C)(=O)=O. The van der Waals surface area contributed by atoms with Gasteiger partial charge in [-0.1, -0.05) is 29.8 Å². The van der Waals surface area contributed by atoms with Gasteiger partial charge in [0.25, 0.3) is 0 Å². The maximum Gasteiger partial charge on any atom is 0.240 e. The third kappa shape index (κ3) is 6.14. The molecule has 0 spiro atoms. The van der Waals surface area contributed by atoms with Gasteiger partial charge >= 0.3 is 0 Å². The number of nitrogens with one attached hydrogen (secondary N) is 1. The van der Waals surface area contributed by atoms with Gasteiger partial charge in [0.15, 0.2) is 0 Å². The van der Waals surface area contributed by atoms with Crippen molar-refractivity contribution in [1.82, 2.24) is 5.32 Å². The quantitative estimate of drug-likeness (QED) is 0.627. The number of methoxy groups -OCH3 is 1. The van der Waals surface area contributed by atoms with Crippen molar-refractivity contribution in [3.63, 3.8) is 0 Å². The van der Waals surface area contributed by atoms with Crippen LogP contribution in [-0.2, 0) is 21.2 Å². The summed E-state index contributed by atoms with van der Waals surface area (Å²) in [7, 11) is -1.99. The van der Waals surface area contributed by atoms with Crippen LogP contribution in [0.3, 0.4) is 0 Å². The molecule has 0 atom stereocenters. The summed E-state index contributed by atoms with van der Waals surface area (Å²) in [5, 5.41) is 3.29. The van der Waals surface area contributed by atoms with Gasteiger partial charge in [-0.05, 0) is 55.2 Å². The monoisotopic (exact) mass is 424 g/mol. The van der Waals surface area contributed by atoms with Gasteiger partial charge < -0.3 is 10.1 Å². The molecule has 2 aromatic carbocycles. The van der Waals surface area contributed by atoms with E-state index in [2.05, 4.69) is 5.32 Å². The molecule has 6 nitrogen and oxygen atoms in total. The first-order valence-electron chi connectivity index (χ1n) is 8.85. The number of anilines is 1. The molecule has 1 amide bonds. The van der Waals surface area contributed by atoms with E-state index in [1.807, 2.05) is 24.3 Å². The standard InChI is InChI=1S/C20H25ClN2O4S/c1-15-13-17(21)10-11-18(15)23(28(3,25)26)14-20(24)22-12-6-8-16-7-4-5-9-19(16)27-2/h4-5,7,9-11,13H,6,8,12,14H2,1-3H3,(H,22,24). The van der Waals surface area contributed by atoms with Crippen LogP contribution in [0.5, 0.6) is 5.75 Å². The van der Waals surface area contributed by atoms with E-state index >= 15 is 0 Å². The van der Waals surface area contributed by atoms with Gasteiger partial charge in [0, 0.05) is 11.6 Å². The zero-order valence-corrected chi connectivity index (χ0v) is 17.8. The van der Waals surface area contributed by atoms with Crippen LogP contribution < -0.4 is 14.4 Å². The summed E-state index contributed by atoms with van der Waals surface area (Å²) in [6.45, 7) is 1.91. The molecule has 0 saturated carbocycles. The highest BCUT2D eigenvalue weighted by atomic mass is 35.5. The minimum atomic E-state index is -3.62. The van der Waals surface area contributed by atoms with E-state index in [0.717, 1.165) is 28.3 Å². The molecular formula is C20H25ClN2O4S. The lowest BCUT2D eigenvalue weighted by Crippen LogP contribution is -2.41. The Morgan fingerprint density at radius 3 is 2.57 bits per heavy atom. The zero-order valence-electron chi connectivity index (χ0n) is 16.2. The summed E-state index contributed by atoms with van der Waals surface area (Å²) in [4.78, 5) is 12.3. The molecule has 0 aliphatic carbocycles. The van der Waals surface area contributed by atoms with Crippen LogP contribution in [-0.4, -0.2) is 40.8 Å². The minimum absolute atomic E-state index is 0.282. The first-order chi connectivity index (χ1) is 13.2. The molecule has 152 valence electrons. The number of carbonyl (C=O) groups excluding carboxylic acids is 1. The Hall–Kier alpha value is -2.25. The number of amides is 1. The van der Waals surface area contributed by atoms with Crippen molar-refractivity contribution >= 4 is 33.2 Å². The second-order valence-corrected chi connectivity index (χ2v) is 8.81. The fourth-order valence-electron chi connectivity index (χ4n) is 2.88. The molecule has 0 aliphatic heterocycles. The number of ether oxygens (including phenoxy) is 1. The normalized spacial score (nSPS) is 11.1. The van der Waals surface area contributed by atoms with Gasteiger partial charge in [0.05, 0.1) is 19.1 Å².